The van der Waals surface area contributed by atoms with E-state index in [1.165, 1.54) is 25.3 Å². The summed E-state index contributed by atoms with van der Waals surface area (Å²) in [6.07, 6.45) is 1.67. The number of nitrogens with zero attached hydrogens (tertiary/aromatic N) is 2. The molecular weight excluding hydrogens is 508 g/mol. The molecule has 0 amide bonds. The van der Waals surface area contributed by atoms with Gasteiger partial charge in [0.1, 0.15) is 5.92 Å². The molecule has 0 bridgehead atoms. The van der Waals surface area contributed by atoms with Crippen LogP contribution in [-0.4, -0.2) is 53.8 Å². The number of rotatable bonds is 12. The van der Waals surface area contributed by atoms with Crippen molar-refractivity contribution in [3.05, 3.63) is 81.0 Å². The summed E-state index contributed by atoms with van der Waals surface area (Å²) < 4.78 is 10.7. The highest BCUT2D eigenvalue weighted by Gasteiger charge is 2.43. The van der Waals surface area contributed by atoms with E-state index in [2.05, 4.69) is 4.99 Å². The molecule has 1 N–H and O–H groups in total. The normalized spacial score (nSPS) is 17.1. The first-order valence-electron chi connectivity index (χ1n) is 12.4. The highest BCUT2D eigenvalue weighted by atomic mass is 32.2. The molecule has 2 unspecified atom stereocenters. The number of nitro groups is 1. The van der Waals surface area contributed by atoms with E-state index in [0.29, 0.717) is 36.2 Å². The third kappa shape index (κ3) is 7.08. The molecule has 0 fully saturated rings. The first kappa shape index (κ1) is 29.1. The molecule has 0 saturated carbocycles. The fraction of sp³-hybridized carbons (Fsp3) is 0.393. The molecular formula is C28H32N2O7S. The number of aliphatic hydroxyl groups excluding tert-OH is 1. The maximum Gasteiger partial charge on any atom is 0.336 e. The number of allylic oxidation sites excluding steroid dienone is 1. The van der Waals surface area contributed by atoms with Crippen molar-refractivity contribution < 1.29 is 29.1 Å². The zero-order valence-electron chi connectivity index (χ0n) is 21.7. The highest BCUT2D eigenvalue weighted by molar-refractivity contribution is 7.99. The minimum absolute atomic E-state index is 0.112. The quantitative estimate of drug-likeness (QED) is 0.133. The lowest BCUT2D eigenvalue weighted by atomic mass is 9.74. The van der Waals surface area contributed by atoms with Crippen LogP contribution < -0.4 is 0 Å². The number of non-ortho nitro benzene ring substituents is 1. The lowest BCUT2D eigenvalue weighted by molar-refractivity contribution is -0.384. The Morgan fingerprint density at radius 1 is 1.18 bits per heavy atom. The zero-order chi connectivity index (χ0) is 27.7. The monoisotopic (exact) mass is 540 g/mol. The lowest BCUT2D eigenvalue weighted by Gasteiger charge is -2.32. The molecule has 1 heterocycles. The van der Waals surface area contributed by atoms with Crippen molar-refractivity contribution in [3.8, 4) is 0 Å². The molecule has 0 radical (unpaired) electrons. The summed E-state index contributed by atoms with van der Waals surface area (Å²) in [5.41, 5.74) is 2.54. The standard InChI is InChI=1S/C28H32N2O7S/c1-4-23-26(27(32)36-3)25(20-7-5-8-21(17-20)30(34)35)24(18(2)29-23)28(33)37-15-6-16-38-22-11-9-19(10-12-22)13-14-31/h5,7-12,17,25-26,31H,4,6,13-16H2,1-3H3. The van der Waals surface area contributed by atoms with Crippen LogP contribution in [0.15, 0.2) is 69.7 Å². The van der Waals surface area contributed by atoms with Gasteiger partial charge in [0, 0.05) is 46.7 Å². The molecule has 2 atom stereocenters. The van der Waals surface area contributed by atoms with Gasteiger partial charge in [0.25, 0.3) is 5.69 Å². The number of aliphatic hydroxyl groups is 1. The topological polar surface area (TPSA) is 128 Å². The number of carbonyl (C=O) groups excluding carboxylic acids is 2. The van der Waals surface area contributed by atoms with Crippen LogP contribution in [0.25, 0.3) is 0 Å². The summed E-state index contributed by atoms with van der Waals surface area (Å²) in [5, 5.41) is 20.5. The van der Waals surface area contributed by atoms with Gasteiger partial charge >= 0.3 is 11.9 Å². The van der Waals surface area contributed by atoms with E-state index >= 15 is 0 Å². The van der Waals surface area contributed by atoms with Crippen LogP contribution in [0, 0.1) is 16.0 Å². The Kier molecular flexibility index (Phi) is 10.6. The Morgan fingerprint density at radius 3 is 2.55 bits per heavy atom. The Balaban J connectivity index is 1.77. The third-order valence-corrected chi connectivity index (χ3v) is 7.39. The maximum atomic E-state index is 13.3. The van der Waals surface area contributed by atoms with Crippen molar-refractivity contribution in [2.75, 3.05) is 26.1 Å². The lowest BCUT2D eigenvalue weighted by Crippen LogP contribution is -2.37. The van der Waals surface area contributed by atoms with Crippen LogP contribution in [0.5, 0.6) is 0 Å². The summed E-state index contributed by atoms with van der Waals surface area (Å²) in [7, 11) is 1.27. The van der Waals surface area contributed by atoms with Crippen LogP contribution in [0.1, 0.15) is 43.7 Å². The highest BCUT2D eigenvalue weighted by Crippen LogP contribution is 2.41. The number of methoxy groups -OCH3 is 1. The molecule has 2 aromatic carbocycles. The van der Waals surface area contributed by atoms with Crippen LogP contribution in [-0.2, 0) is 25.5 Å². The van der Waals surface area contributed by atoms with Gasteiger partial charge in [0.15, 0.2) is 0 Å². The number of thioether (sulfide) groups is 1. The second-order valence-electron chi connectivity index (χ2n) is 8.74. The van der Waals surface area contributed by atoms with Gasteiger partial charge in [-0.15, -0.1) is 11.8 Å². The summed E-state index contributed by atoms with van der Waals surface area (Å²) in [5.74, 6) is -2.18. The minimum atomic E-state index is -0.900. The number of benzene rings is 2. The van der Waals surface area contributed by atoms with E-state index in [-0.39, 0.29) is 24.5 Å². The fourth-order valence-electron chi connectivity index (χ4n) is 4.47. The van der Waals surface area contributed by atoms with Gasteiger partial charge < -0.3 is 14.6 Å². The Bertz CT molecular complexity index is 1220. The minimum Gasteiger partial charge on any atom is -0.468 e. The number of nitro benzene ring substituents is 1. The first-order chi connectivity index (χ1) is 18.3. The largest absolute Gasteiger partial charge is 0.468 e. The van der Waals surface area contributed by atoms with E-state index in [9.17, 15) is 19.7 Å². The second-order valence-corrected chi connectivity index (χ2v) is 9.91. The van der Waals surface area contributed by atoms with Crippen molar-refractivity contribution in [3.63, 3.8) is 0 Å². The van der Waals surface area contributed by atoms with Crippen LogP contribution in [0.2, 0.25) is 0 Å². The Morgan fingerprint density at radius 2 is 1.92 bits per heavy atom. The molecule has 0 aliphatic carbocycles. The van der Waals surface area contributed by atoms with Crippen LogP contribution >= 0.6 is 11.8 Å². The van der Waals surface area contributed by atoms with Crippen molar-refractivity contribution in [1.29, 1.82) is 0 Å². The van der Waals surface area contributed by atoms with Crippen LogP contribution in [0.3, 0.4) is 0 Å². The summed E-state index contributed by atoms with van der Waals surface area (Å²) in [6, 6.07) is 13.9. The molecule has 2 aromatic rings. The van der Waals surface area contributed by atoms with Gasteiger partial charge in [0.05, 0.1) is 24.2 Å². The van der Waals surface area contributed by atoms with Crippen molar-refractivity contribution in [2.24, 2.45) is 10.9 Å². The van der Waals surface area contributed by atoms with Gasteiger partial charge in [-0.05, 0) is 49.4 Å². The van der Waals surface area contributed by atoms with E-state index in [4.69, 9.17) is 14.6 Å². The SMILES string of the molecule is CCC1=NC(C)=C(C(=O)OCCCSc2ccc(CCO)cc2)C(c2cccc([N+](=O)[O-])c2)C1C(=O)OC. The fourth-order valence-corrected chi connectivity index (χ4v) is 5.29. The molecule has 0 saturated heterocycles. The van der Waals surface area contributed by atoms with E-state index in [1.807, 2.05) is 31.2 Å². The number of aliphatic imine (C=N–C) groups is 1. The van der Waals surface area contributed by atoms with Crippen LogP contribution in [0.4, 0.5) is 5.69 Å². The molecule has 10 heteroatoms. The smallest absolute Gasteiger partial charge is 0.336 e. The average molecular weight is 541 g/mol. The predicted octanol–water partition coefficient (Wildman–Crippen LogP) is 4.87. The Hall–Kier alpha value is -3.50. The van der Waals surface area contributed by atoms with Gasteiger partial charge in [-0.1, -0.05) is 31.2 Å². The summed E-state index contributed by atoms with van der Waals surface area (Å²) in [4.78, 5) is 42.7. The average Bonchev–Trinajstić information content (AvgIpc) is 2.92. The number of hydrogen-bond donors (Lipinski definition) is 1. The van der Waals surface area contributed by atoms with Crippen molar-refractivity contribution >= 4 is 35.1 Å². The van der Waals surface area contributed by atoms with Crippen molar-refractivity contribution in [1.82, 2.24) is 0 Å². The maximum absolute atomic E-state index is 13.3. The molecule has 202 valence electrons. The summed E-state index contributed by atoms with van der Waals surface area (Å²) >= 11 is 1.63. The predicted molar refractivity (Wildman–Crippen MR) is 145 cm³/mol. The third-order valence-electron chi connectivity index (χ3n) is 6.30. The number of ether oxygens (including phenoxy) is 2. The van der Waals surface area contributed by atoms with Gasteiger partial charge in [-0.2, -0.15) is 0 Å². The van der Waals surface area contributed by atoms with E-state index in [0.717, 1.165) is 16.2 Å². The molecule has 9 nitrogen and oxygen atoms in total. The molecule has 0 spiro atoms. The van der Waals surface area contributed by atoms with E-state index in [1.54, 1.807) is 24.8 Å². The first-order valence-corrected chi connectivity index (χ1v) is 13.4. The zero-order valence-corrected chi connectivity index (χ0v) is 22.5. The van der Waals surface area contributed by atoms with Crippen molar-refractivity contribution in [2.45, 2.75) is 43.9 Å². The molecule has 0 aromatic heterocycles. The molecule has 38 heavy (non-hydrogen) atoms. The summed E-state index contributed by atoms with van der Waals surface area (Å²) in [6.45, 7) is 3.81. The second kappa shape index (κ2) is 13.9. The number of hydrogen-bond acceptors (Lipinski definition) is 9. The molecule has 1 aliphatic rings. The van der Waals surface area contributed by atoms with Gasteiger partial charge in [-0.25, -0.2) is 4.79 Å². The molecule has 1 aliphatic heterocycles. The molecule has 3 rings (SSSR count). The Labute approximate surface area is 226 Å². The van der Waals surface area contributed by atoms with Gasteiger partial charge in [0.2, 0.25) is 0 Å². The van der Waals surface area contributed by atoms with E-state index < -0.39 is 28.7 Å². The number of carbonyl (C=O) groups is 2. The van der Waals surface area contributed by atoms with Gasteiger partial charge in [-0.3, -0.25) is 19.9 Å². The number of esters is 2.